The molecular formula is C22H22ClN3O6. The van der Waals surface area contributed by atoms with Crippen LogP contribution in [0.4, 0.5) is 5.69 Å². The summed E-state index contributed by atoms with van der Waals surface area (Å²) in [6.07, 6.45) is 0. The summed E-state index contributed by atoms with van der Waals surface area (Å²) in [5.74, 6) is -1.59. The molecule has 3 rings (SSSR count). The maximum atomic E-state index is 13.0. The highest BCUT2D eigenvalue weighted by atomic mass is 35.5. The van der Waals surface area contributed by atoms with Crippen molar-refractivity contribution >= 4 is 34.7 Å². The summed E-state index contributed by atoms with van der Waals surface area (Å²) in [6.45, 7) is 0.699. The van der Waals surface area contributed by atoms with E-state index >= 15 is 0 Å². The Labute approximate surface area is 189 Å². The Morgan fingerprint density at radius 1 is 1.22 bits per heavy atom. The van der Waals surface area contributed by atoms with Crippen LogP contribution in [0.1, 0.15) is 17.2 Å². The van der Waals surface area contributed by atoms with E-state index in [1.165, 1.54) is 48.4 Å². The molecule has 0 spiro atoms. The van der Waals surface area contributed by atoms with E-state index in [0.29, 0.717) is 17.9 Å². The fraction of sp³-hybridized carbons (Fsp3) is 0.273. The molecule has 0 bridgehead atoms. The van der Waals surface area contributed by atoms with E-state index in [0.717, 1.165) is 0 Å². The summed E-state index contributed by atoms with van der Waals surface area (Å²) in [4.78, 5) is 39.5. The number of rotatable bonds is 7. The Morgan fingerprint density at radius 3 is 2.41 bits per heavy atom. The SMILES string of the molecule is COc1ccc(/C(O)=C2\C(=O)C(=O)N(CCN(C)C)[C@@H]2c2ccc([N+](=O)[O-])cc2)cc1Cl. The molecule has 2 aromatic carbocycles. The highest BCUT2D eigenvalue weighted by molar-refractivity contribution is 6.46. The minimum atomic E-state index is -0.906. The van der Waals surface area contributed by atoms with Crippen LogP contribution in [-0.2, 0) is 9.59 Å². The van der Waals surface area contributed by atoms with Gasteiger partial charge in [0.2, 0.25) is 0 Å². The van der Waals surface area contributed by atoms with Gasteiger partial charge in [-0.1, -0.05) is 11.6 Å². The van der Waals surface area contributed by atoms with Gasteiger partial charge < -0.3 is 19.6 Å². The molecule has 1 fully saturated rings. The number of likely N-dealkylation sites (N-methyl/N-ethyl adjacent to an activating group) is 1. The van der Waals surface area contributed by atoms with Crippen molar-refractivity contribution in [3.05, 3.63) is 74.3 Å². The number of Topliss-reactive ketones (excluding diaryl/α,β-unsaturated/α-hetero) is 1. The molecule has 0 aliphatic carbocycles. The lowest BCUT2D eigenvalue weighted by Gasteiger charge is -2.26. The van der Waals surface area contributed by atoms with Crippen LogP contribution >= 0.6 is 11.6 Å². The van der Waals surface area contributed by atoms with Gasteiger partial charge in [-0.3, -0.25) is 19.7 Å². The number of amides is 1. The van der Waals surface area contributed by atoms with Crippen molar-refractivity contribution in [1.82, 2.24) is 9.80 Å². The van der Waals surface area contributed by atoms with Crippen LogP contribution in [0.2, 0.25) is 5.02 Å². The molecule has 9 nitrogen and oxygen atoms in total. The van der Waals surface area contributed by atoms with E-state index in [1.807, 2.05) is 19.0 Å². The quantitative estimate of drug-likeness (QED) is 0.222. The molecule has 32 heavy (non-hydrogen) atoms. The van der Waals surface area contributed by atoms with E-state index in [2.05, 4.69) is 0 Å². The van der Waals surface area contributed by atoms with Crippen molar-refractivity contribution in [3.63, 3.8) is 0 Å². The number of nitro groups is 1. The molecule has 0 saturated carbocycles. The van der Waals surface area contributed by atoms with Crippen LogP contribution in [0.5, 0.6) is 5.75 Å². The minimum absolute atomic E-state index is 0.108. The first kappa shape index (κ1) is 23.2. The van der Waals surface area contributed by atoms with Gasteiger partial charge in [-0.15, -0.1) is 0 Å². The van der Waals surface area contributed by atoms with Crippen LogP contribution in [0.25, 0.3) is 5.76 Å². The van der Waals surface area contributed by atoms with E-state index in [4.69, 9.17) is 16.3 Å². The highest BCUT2D eigenvalue weighted by Gasteiger charge is 2.46. The molecule has 168 valence electrons. The number of benzene rings is 2. The summed E-state index contributed by atoms with van der Waals surface area (Å²) < 4.78 is 5.12. The van der Waals surface area contributed by atoms with E-state index in [-0.39, 0.29) is 34.2 Å². The predicted octanol–water partition coefficient (Wildman–Crippen LogP) is 3.24. The number of carbonyl (C=O) groups excluding carboxylic acids is 2. The average molecular weight is 460 g/mol. The number of ether oxygens (including phenoxy) is 1. The monoisotopic (exact) mass is 459 g/mol. The van der Waals surface area contributed by atoms with E-state index in [1.54, 1.807) is 6.07 Å². The second-order valence-corrected chi connectivity index (χ2v) is 7.90. The number of aliphatic hydroxyl groups is 1. The van der Waals surface area contributed by atoms with Gasteiger partial charge in [0.1, 0.15) is 11.5 Å². The smallest absolute Gasteiger partial charge is 0.295 e. The third kappa shape index (κ3) is 4.44. The van der Waals surface area contributed by atoms with Gasteiger partial charge in [-0.25, -0.2) is 0 Å². The lowest BCUT2D eigenvalue weighted by atomic mass is 9.95. The number of non-ortho nitro benzene ring substituents is 1. The van der Waals surface area contributed by atoms with E-state index in [9.17, 15) is 24.8 Å². The number of methoxy groups -OCH3 is 1. The molecule has 1 atom stereocenters. The van der Waals surface area contributed by atoms with Crippen LogP contribution in [0, 0.1) is 10.1 Å². The Kier molecular flexibility index (Phi) is 6.81. The number of hydrogen-bond acceptors (Lipinski definition) is 7. The van der Waals surface area contributed by atoms with Gasteiger partial charge in [-0.2, -0.15) is 0 Å². The van der Waals surface area contributed by atoms with Crippen molar-refractivity contribution in [1.29, 1.82) is 0 Å². The fourth-order valence-electron chi connectivity index (χ4n) is 3.51. The standard InChI is InChI=1S/C22H22ClN3O6/c1-24(2)10-11-25-19(13-4-7-15(8-5-13)26(30)31)18(21(28)22(25)29)20(27)14-6-9-17(32-3)16(23)12-14/h4-9,12,19,27H,10-11H2,1-3H3/b20-18+/t19-/m1/s1. The van der Waals surface area contributed by atoms with Gasteiger partial charge >= 0.3 is 0 Å². The van der Waals surface area contributed by atoms with Crippen LogP contribution in [-0.4, -0.2) is 65.8 Å². The lowest BCUT2D eigenvalue weighted by Crippen LogP contribution is -2.35. The molecule has 1 N–H and O–H groups in total. The number of carbonyl (C=O) groups is 2. The van der Waals surface area contributed by atoms with Crippen molar-refractivity contribution in [2.24, 2.45) is 0 Å². The van der Waals surface area contributed by atoms with Crippen LogP contribution in [0.15, 0.2) is 48.0 Å². The Hall–Kier alpha value is -3.43. The maximum absolute atomic E-state index is 13.0. The zero-order chi connectivity index (χ0) is 23.6. The molecule has 1 heterocycles. The van der Waals surface area contributed by atoms with Crippen molar-refractivity contribution in [2.75, 3.05) is 34.3 Å². The molecular weight excluding hydrogens is 438 g/mol. The number of nitrogens with zero attached hydrogens (tertiary/aromatic N) is 3. The zero-order valence-corrected chi connectivity index (χ0v) is 18.5. The first-order chi connectivity index (χ1) is 15.1. The summed E-state index contributed by atoms with van der Waals surface area (Å²) >= 11 is 6.17. The first-order valence-electron chi connectivity index (χ1n) is 9.67. The molecule has 1 saturated heterocycles. The van der Waals surface area contributed by atoms with Crippen LogP contribution < -0.4 is 4.74 Å². The number of likely N-dealkylation sites (tertiary alicyclic amines) is 1. The number of ketones is 1. The van der Waals surface area contributed by atoms with E-state index < -0.39 is 22.7 Å². The van der Waals surface area contributed by atoms with Gasteiger partial charge in [0.05, 0.1) is 28.7 Å². The van der Waals surface area contributed by atoms with Gasteiger partial charge in [0.25, 0.3) is 17.4 Å². The molecule has 0 radical (unpaired) electrons. The van der Waals surface area contributed by atoms with Crippen LogP contribution in [0.3, 0.4) is 0 Å². The van der Waals surface area contributed by atoms with Crippen molar-refractivity contribution in [3.8, 4) is 5.75 Å². The summed E-state index contributed by atoms with van der Waals surface area (Å²) in [6, 6.07) is 9.15. The molecule has 2 aromatic rings. The Balaban J connectivity index is 2.15. The average Bonchev–Trinajstić information content (AvgIpc) is 3.01. The second-order valence-electron chi connectivity index (χ2n) is 7.49. The highest BCUT2D eigenvalue weighted by Crippen LogP contribution is 2.40. The fourth-order valence-corrected chi connectivity index (χ4v) is 3.77. The molecule has 1 aliphatic rings. The first-order valence-corrected chi connectivity index (χ1v) is 10.0. The maximum Gasteiger partial charge on any atom is 0.295 e. The number of halogens is 1. The molecule has 0 aromatic heterocycles. The molecule has 1 amide bonds. The number of aliphatic hydroxyl groups excluding tert-OH is 1. The van der Waals surface area contributed by atoms with Gasteiger partial charge in [-0.05, 0) is 50.0 Å². The second kappa shape index (κ2) is 9.37. The largest absolute Gasteiger partial charge is 0.507 e. The number of nitro benzene ring substituents is 1. The topological polar surface area (TPSA) is 113 Å². The minimum Gasteiger partial charge on any atom is -0.507 e. The molecule has 10 heteroatoms. The summed E-state index contributed by atoms with van der Waals surface area (Å²) in [7, 11) is 5.11. The third-order valence-corrected chi connectivity index (χ3v) is 5.47. The number of hydrogen-bond donors (Lipinski definition) is 1. The van der Waals surface area contributed by atoms with Crippen molar-refractivity contribution in [2.45, 2.75) is 6.04 Å². The Bertz CT molecular complexity index is 1100. The summed E-state index contributed by atoms with van der Waals surface area (Å²) in [5, 5.41) is 22.3. The van der Waals surface area contributed by atoms with Crippen molar-refractivity contribution < 1.29 is 24.4 Å². The molecule has 0 unspecified atom stereocenters. The normalized spacial score (nSPS) is 17.8. The van der Waals surface area contributed by atoms with Gasteiger partial charge in [0.15, 0.2) is 0 Å². The van der Waals surface area contributed by atoms with Gasteiger partial charge in [0, 0.05) is 30.8 Å². The zero-order valence-electron chi connectivity index (χ0n) is 17.7. The Morgan fingerprint density at radius 2 is 1.88 bits per heavy atom. The third-order valence-electron chi connectivity index (χ3n) is 5.17. The summed E-state index contributed by atoms with van der Waals surface area (Å²) in [5.41, 5.74) is 0.479. The predicted molar refractivity (Wildman–Crippen MR) is 119 cm³/mol. The lowest BCUT2D eigenvalue weighted by molar-refractivity contribution is -0.384. The molecule has 1 aliphatic heterocycles.